The molecule has 5 N–H and O–H groups in total. The Hall–Kier alpha value is -4.27. The summed E-state index contributed by atoms with van der Waals surface area (Å²) >= 11 is 0. The topological polar surface area (TPSA) is 155 Å². The summed E-state index contributed by atoms with van der Waals surface area (Å²) in [4.78, 5) is 41.6. The lowest BCUT2D eigenvalue weighted by molar-refractivity contribution is -0.186. The van der Waals surface area contributed by atoms with E-state index in [1.54, 1.807) is 24.3 Å². The third kappa shape index (κ3) is 5.37. The van der Waals surface area contributed by atoms with Crippen molar-refractivity contribution in [2.75, 3.05) is 25.0 Å². The Kier molecular flexibility index (Phi) is 6.63. The molecule has 4 heterocycles. The lowest BCUT2D eigenvalue weighted by atomic mass is 9.63. The van der Waals surface area contributed by atoms with Crippen molar-refractivity contribution in [2.24, 2.45) is 5.73 Å². The molecule has 228 valence electrons. The van der Waals surface area contributed by atoms with E-state index >= 15 is 0 Å². The van der Waals surface area contributed by atoms with Crippen LogP contribution in [-0.4, -0.2) is 84.9 Å². The average molecular weight is 604 g/mol. The van der Waals surface area contributed by atoms with Crippen LogP contribution in [0.1, 0.15) is 59.2 Å². The van der Waals surface area contributed by atoms with Crippen LogP contribution in [0.25, 0.3) is 16.9 Å². The van der Waals surface area contributed by atoms with E-state index in [1.165, 1.54) is 16.9 Å². The maximum atomic E-state index is 14.6. The minimum absolute atomic E-state index is 0.0619. The molecule has 1 saturated heterocycles. The molecule has 3 saturated carbocycles. The first kappa shape index (κ1) is 28.8. The summed E-state index contributed by atoms with van der Waals surface area (Å²) < 4.78 is 56.9. The monoisotopic (exact) mass is 603 g/mol. The number of nitrogens with two attached hydrogens (primary N) is 1. The van der Waals surface area contributed by atoms with E-state index in [-0.39, 0.29) is 11.1 Å². The molecule has 15 heteroatoms. The van der Waals surface area contributed by atoms with E-state index in [2.05, 4.69) is 20.7 Å². The van der Waals surface area contributed by atoms with Crippen molar-refractivity contribution in [3.63, 3.8) is 0 Å². The number of anilines is 1. The van der Waals surface area contributed by atoms with Crippen molar-refractivity contribution in [1.29, 1.82) is 0 Å². The van der Waals surface area contributed by atoms with E-state index in [4.69, 9.17) is 5.73 Å². The lowest BCUT2D eigenvalue weighted by Crippen LogP contribution is -2.63. The number of rotatable bonds is 8. The molecule has 4 aliphatic rings. The molecule has 0 unspecified atom stereocenters. The number of pyridine rings is 1. The summed E-state index contributed by atoms with van der Waals surface area (Å²) in [5.74, 6) is -10.7. The largest absolute Gasteiger partial charge is 0.390 e. The molecule has 43 heavy (non-hydrogen) atoms. The number of primary amides is 1. The quantitative estimate of drug-likeness (QED) is 0.289. The van der Waals surface area contributed by atoms with Crippen molar-refractivity contribution < 1.29 is 37.1 Å². The predicted molar refractivity (Wildman–Crippen MR) is 145 cm³/mol. The van der Waals surface area contributed by atoms with Crippen LogP contribution >= 0.6 is 0 Å². The van der Waals surface area contributed by atoms with Gasteiger partial charge >= 0.3 is 5.92 Å². The Bertz CT molecular complexity index is 1610. The fourth-order valence-corrected chi connectivity index (χ4v) is 6.10. The number of fused-ring (bicyclic) bond motifs is 4. The summed E-state index contributed by atoms with van der Waals surface area (Å²) in [5, 5.41) is 20.4. The van der Waals surface area contributed by atoms with Crippen LogP contribution in [-0.2, 0) is 4.79 Å². The summed E-state index contributed by atoms with van der Waals surface area (Å²) in [6, 6.07) is 6.58. The van der Waals surface area contributed by atoms with Crippen LogP contribution < -0.4 is 16.4 Å². The van der Waals surface area contributed by atoms with Gasteiger partial charge in [-0.25, -0.2) is 13.3 Å². The van der Waals surface area contributed by atoms with Crippen LogP contribution in [0.5, 0.6) is 0 Å². The Morgan fingerprint density at radius 1 is 1.02 bits per heavy atom. The van der Waals surface area contributed by atoms with Gasteiger partial charge in [0, 0.05) is 11.7 Å². The molecule has 0 atom stereocenters. The minimum Gasteiger partial charge on any atom is -0.390 e. The molecule has 3 aromatic rings. The van der Waals surface area contributed by atoms with E-state index < -0.39 is 60.3 Å². The van der Waals surface area contributed by atoms with Crippen LogP contribution in [0.15, 0.2) is 36.7 Å². The number of nitrogens with zero attached hydrogens (tertiary/aromatic N) is 4. The van der Waals surface area contributed by atoms with Crippen molar-refractivity contribution >= 4 is 28.9 Å². The van der Waals surface area contributed by atoms with Crippen LogP contribution in [0.3, 0.4) is 0 Å². The number of halogens is 4. The summed E-state index contributed by atoms with van der Waals surface area (Å²) in [6.45, 7) is -3.58. The Labute approximate surface area is 242 Å². The first-order chi connectivity index (χ1) is 20.2. The Morgan fingerprint density at radius 2 is 1.70 bits per heavy atom. The van der Waals surface area contributed by atoms with Gasteiger partial charge in [-0.15, -0.1) is 0 Å². The van der Waals surface area contributed by atoms with Crippen molar-refractivity contribution in [2.45, 2.75) is 61.5 Å². The highest BCUT2D eigenvalue weighted by Crippen LogP contribution is 2.48. The third-order valence-electron chi connectivity index (χ3n) is 8.72. The fourth-order valence-electron chi connectivity index (χ4n) is 6.10. The predicted octanol–water partition coefficient (Wildman–Crippen LogP) is 2.59. The zero-order valence-corrected chi connectivity index (χ0v) is 22.9. The van der Waals surface area contributed by atoms with Gasteiger partial charge < -0.3 is 26.4 Å². The number of carbonyl (C=O) groups excluding carboxylic acids is 3. The van der Waals surface area contributed by atoms with Gasteiger partial charge in [0.2, 0.25) is 5.91 Å². The Morgan fingerprint density at radius 3 is 2.33 bits per heavy atom. The van der Waals surface area contributed by atoms with Crippen molar-refractivity contribution in [1.82, 2.24) is 24.8 Å². The van der Waals surface area contributed by atoms with Gasteiger partial charge in [-0.2, -0.15) is 13.9 Å². The zero-order valence-electron chi connectivity index (χ0n) is 22.9. The zero-order chi connectivity index (χ0) is 30.8. The molecule has 3 aromatic heterocycles. The van der Waals surface area contributed by atoms with Gasteiger partial charge in [-0.3, -0.25) is 19.4 Å². The molecule has 4 fully saturated rings. The van der Waals surface area contributed by atoms with E-state index in [0.29, 0.717) is 66.0 Å². The molecule has 3 amide bonds. The minimum atomic E-state index is -4.09. The Balaban J connectivity index is 1.28. The summed E-state index contributed by atoms with van der Waals surface area (Å²) in [6.07, 6.45) is 6.12. The molecule has 7 rings (SSSR count). The van der Waals surface area contributed by atoms with Crippen molar-refractivity contribution in [3.05, 3.63) is 47.8 Å². The van der Waals surface area contributed by atoms with Crippen LogP contribution in [0.2, 0.25) is 0 Å². The fraction of sp³-hybridized carbons (Fsp3) is 0.464. The molecular formula is C28H29F4N7O4. The smallest absolute Gasteiger partial charge is 0.341 e. The first-order valence-electron chi connectivity index (χ1n) is 13.8. The second-order valence-corrected chi connectivity index (χ2v) is 11.8. The van der Waals surface area contributed by atoms with E-state index in [1.807, 2.05) is 0 Å². The third-order valence-corrected chi connectivity index (χ3v) is 8.72. The van der Waals surface area contributed by atoms with E-state index in [0.717, 1.165) is 0 Å². The highest BCUT2D eigenvalue weighted by molar-refractivity contribution is 6.00. The number of nitrogens with one attached hydrogen (secondary N) is 2. The lowest BCUT2D eigenvalue weighted by Gasteiger charge is -2.51. The number of aromatic nitrogens is 3. The van der Waals surface area contributed by atoms with Gasteiger partial charge in [-0.1, -0.05) is 0 Å². The maximum Gasteiger partial charge on any atom is 0.341 e. The second-order valence-electron chi connectivity index (χ2n) is 11.8. The van der Waals surface area contributed by atoms with Crippen LogP contribution in [0, 0.1) is 0 Å². The molecular weight excluding hydrogens is 574 g/mol. The van der Waals surface area contributed by atoms with Gasteiger partial charge in [0.05, 0.1) is 65.2 Å². The van der Waals surface area contributed by atoms with Gasteiger partial charge in [-0.05, 0) is 62.8 Å². The van der Waals surface area contributed by atoms with Gasteiger partial charge in [0.1, 0.15) is 0 Å². The van der Waals surface area contributed by atoms with Gasteiger partial charge in [0.25, 0.3) is 17.7 Å². The molecule has 1 aliphatic heterocycles. The SMILES string of the molecule is NC(=O)c1cnn2c(-c3cc(NC45CCC(O)(CC4)CC5)c(C(=O)NCC(F)(F)C(=O)N4CC(F)(F)C4)cn3)ccc2c1. The molecule has 11 nitrogen and oxygen atoms in total. The number of amides is 3. The number of likely N-dealkylation sites (tertiary alicyclic amines) is 1. The van der Waals surface area contributed by atoms with Crippen LogP contribution in [0.4, 0.5) is 23.2 Å². The molecule has 0 aromatic carbocycles. The van der Waals surface area contributed by atoms with Gasteiger partial charge in [0.15, 0.2) is 0 Å². The molecule has 3 aliphatic carbocycles. The number of alkyl halides is 4. The van der Waals surface area contributed by atoms with Crippen molar-refractivity contribution in [3.8, 4) is 11.4 Å². The number of hydrogen-bond acceptors (Lipinski definition) is 7. The maximum absolute atomic E-state index is 14.6. The highest BCUT2D eigenvalue weighted by atomic mass is 19.3. The molecule has 0 radical (unpaired) electrons. The number of carbonyl (C=O) groups is 3. The standard InChI is InChI=1S/C28H29F4N7O4/c29-27(30)14-38(15-27)24(42)28(31,32)13-35-23(41)18-12-34-20(21-2-1-17-9-16(22(33)40)11-36-39(17)21)10-19(18)37-25-3-6-26(43,7-4-25)8-5-25/h1-2,9-12,43H,3-8,13-15H2,(H2,33,40)(H,34,37)(H,35,41). The molecule has 0 spiro atoms. The average Bonchev–Trinajstić information content (AvgIpc) is 3.38. The summed E-state index contributed by atoms with van der Waals surface area (Å²) in [5.41, 5.74) is 6.11. The summed E-state index contributed by atoms with van der Waals surface area (Å²) in [7, 11) is 0. The normalized spacial score (nSPS) is 24.4. The second kappa shape index (κ2) is 9.89. The number of hydrogen-bond donors (Lipinski definition) is 4. The highest BCUT2D eigenvalue weighted by Gasteiger charge is 2.53. The van der Waals surface area contributed by atoms with E-state index in [9.17, 15) is 37.1 Å². The molecule has 2 bridgehead atoms. The number of aliphatic hydroxyl groups is 1. The first-order valence-corrected chi connectivity index (χ1v) is 13.8.